The molecule has 1 N–H and O–H groups in total. The van der Waals surface area contributed by atoms with Crippen molar-refractivity contribution in [2.45, 2.75) is 32.6 Å². The number of para-hydroxylation sites is 1. The monoisotopic (exact) mass is 409 g/mol. The van der Waals surface area contributed by atoms with Crippen LogP contribution in [0.2, 0.25) is 0 Å². The number of thiophene rings is 1. The molecule has 29 heavy (non-hydrogen) atoms. The summed E-state index contributed by atoms with van der Waals surface area (Å²) in [5.74, 6) is 0.159. The van der Waals surface area contributed by atoms with Gasteiger partial charge in [0, 0.05) is 54.3 Å². The average molecular weight is 410 g/mol. The number of amides is 1. The van der Waals surface area contributed by atoms with Crippen molar-refractivity contribution in [2.75, 3.05) is 42.9 Å². The summed E-state index contributed by atoms with van der Waals surface area (Å²) in [5.41, 5.74) is 4.48. The van der Waals surface area contributed by atoms with E-state index in [1.165, 1.54) is 26.4 Å². The van der Waals surface area contributed by atoms with Crippen molar-refractivity contribution < 1.29 is 9.21 Å². The van der Waals surface area contributed by atoms with Gasteiger partial charge in [-0.2, -0.15) is 0 Å². The van der Waals surface area contributed by atoms with Crippen LogP contribution < -0.4 is 10.2 Å². The molecule has 0 bridgehead atoms. The van der Waals surface area contributed by atoms with Gasteiger partial charge in [0.25, 0.3) is 0 Å². The zero-order chi connectivity index (χ0) is 19.8. The number of fused-ring (bicyclic) bond motifs is 2. The number of nitrogens with one attached hydrogen (secondary N) is 1. The van der Waals surface area contributed by atoms with Gasteiger partial charge in [-0.05, 0) is 43.9 Å². The molecule has 4 heterocycles. The van der Waals surface area contributed by atoms with Crippen molar-refractivity contribution in [3.05, 3.63) is 45.8 Å². The largest absolute Gasteiger partial charge is 0.462 e. The molecule has 0 saturated carbocycles. The summed E-state index contributed by atoms with van der Waals surface area (Å²) in [6.45, 7) is 7.37. The Morgan fingerprint density at radius 3 is 2.90 bits per heavy atom. The third-order valence-corrected chi connectivity index (χ3v) is 7.36. The van der Waals surface area contributed by atoms with Crippen LogP contribution in [0.25, 0.3) is 11.0 Å². The molecule has 1 saturated heterocycles. The Hall–Kier alpha value is -2.31. The minimum atomic E-state index is 0.159. The first kappa shape index (κ1) is 18.7. The van der Waals surface area contributed by atoms with Gasteiger partial charge in [0.05, 0.1) is 11.4 Å². The lowest BCUT2D eigenvalue weighted by molar-refractivity contribution is -0.116. The lowest BCUT2D eigenvalue weighted by atomic mass is 10.1. The highest BCUT2D eigenvalue weighted by molar-refractivity contribution is 7.12. The molecule has 1 amide bonds. The van der Waals surface area contributed by atoms with Crippen molar-refractivity contribution in [1.82, 2.24) is 4.90 Å². The molecule has 2 aromatic heterocycles. The van der Waals surface area contributed by atoms with Crippen molar-refractivity contribution >= 4 is 39.6 Å². The minimum absolute atomic E-state index is 0.159. The van der Waals surface area contributed by atoms with E-state index in [9.17, 15) is 4.79 Å². The van der Waals surface area contributed by atoms with Crippen molar-refractivity contribution in [3.63, 3.8) is 0 Å². The number of aryl methyl sites for hydroxylation is 2. The van der Waals surface area contributed by atoms with E-state index in [0.29, 0.717) is 6.42 Å². The Bertz CT molecular complexity index is 1030. The maximum absolute atomic E-state index is 11.8. The molecule has 5 nitrogen and oxygen atoms in total. The number of anilines is 2. The molecule has 0 radical (unpaired) electrons. The number of carbonyl (C=O) groups excluding carboxylic acids is 1. The summed E-state index contributed by atoms with van der Waals surface area (Å²) in [7, 11) is 0. The first-order valence-corrected chi connectivity index (χ1v) is 11.3. The molecule has 6 heteroatoms. The Labute approximate surface area is 175 Å². The van der Waals surface area contributed by atoms with Gasteiger partial charge in [-0.3, -0.25) is 9.69 Å². The third-order valence-electron chi connectivity index (χ3n) is 6.11. The Kier molecular flexibility index (Phi) is 5.06. The Morgan fingerprint density at radius 2 is 2.03 bits per heavy atom. The zero-order valence-electron chi connectivity index (χ0n) is 16.9. The van der Waals surface area contributed by atoms with Crippen LogP contribution >= 0.6 is 11.3 Å². The predicted octanol–water partition coefficient (Wildman–Crippen LogP) is 4.44. The van der Waals surface area contributed by atoms with Gasteiger partial charge in [0.2, 0.25) is 5.91 Å². The topological polar surface area (TPSA) is 48.7 Å². The smallest absolute Gasteiger partial charge is 0.224 e. The normalized spacial score (nSPS) is 18.0. The third kappa shape index (κ3) is 3.79. The van der Waals surface area contributed by atoms with E-state index in [4.69, 9.17) is 4.42 Å². The number of carbonyl (C=O) groups is 1. The molecule has 0 atom stereocenters. The molecule has 3 aromatic rings. The fourth-order valence-electron chi connectivity index (χ4n) is 4.44. The van der Waals surface area contributed by atoms with E-state index in [-0.39, 0.29) is 5.91 Å². The van der Waals surface area contributed by atoms with Gasteiger partial charge in [0.1, 0.15) is 11.8 Å². The molecule has 2 aliphatic rings. The molecule has 0 unspecified atom stereocenters. The van der Waals surface area contributed by atoms with Crippen LogP contribution in [-0.2, 0) is 17.6 Å². The number of furan rings is 1. The molecule has 152 valence electrons. The minimum Gasteiger partial charge on any atom is -0.462 e. The van der Waals surface area contributed by atoms with Crippen LogP contribution in [0.15, 0.2) is 34.9 Å². The van der Waals surface area contributed by atoms with E-state index < -0.39 is 0 Å². The molecule has 2 aliphatic heterocycles. The van der Waals surface area contributed by atoms with E-state index in [1.54, 1.807) is 0 Å². The van der Waals surface area contributed by atoms with E-state index in [0.717, 1.165) is 63.3 Å². The first-order chi connectivity index (χ1) is 14.2. The van der Waals surface area contributed by atoms with E-state index in [1.807, 2.05) is 17.6 Å². The molecule has 5 rings (SSSR count). The van der Waals surface area contributed by atoms with Crippen LogP contribution in [0, 0.1) is 6.92 Å². The van der Waals surface area contributed by atoms with E-state index in [2.05, 4.69) is 46.3 Å². The Morgan fingerprint density at radius 1 is 1.17 bits per heavy atom. The lowest BCUT2D eigenvalue weighted by Gasteiger charge is -2.35. The van der Waals surface area contributed by atoms with Crippen molar-refractivity contribution in [2.24, 2.45) is 0 Å². The van der Waals surface area contributed by atoms with Gasteiger partial charge in [-0.1, -0.05) is 12.1 Å². The SMILES string of the molecule is Cc1cccc2c(N3CCN(CCc4cc5c(s4)CCCC(=O)N5)CC3)coc12. The zero-order valence-corrected chi connectivity index (χ0v) is 17.7. The molecule has 1 aromatic carbocycles. The van der Waals surface area contributed by atoms with Gasteiger partial charge in [0.15, 0.2) is 0 Å². The van der Waals surface area contributed by atoms with Gasteiger partial charge in [-0.25, -0.2) is 0 Å². The second-order valence-electron chi connectivity index (χ2n) is 8.10. The molecule has 0 aliphatic carbocycles. The second kappa shape index (κ2) is 7.84. The van der Waals surface area contributed by atoms with Crippen LogP contribution in [0.1, 0.15) is 28.2 Å². The quantitative estimate of drug-likeness (QED) is 0.692. The summed E-state index contributed by atoms with van der Waals surface area (Å²) < 4.78 is 5.84. The number of rotatable bonds is 4. The molecule has 0 spiro atoms. The summed E-state index contributed by atoms with van der Waals surface area (Å²) in [6.07, 6.45) is 5.60. The first-order valence-electron chi connectivity index (χ1n) is 10.5. The number of nitrogens with zero attached hydrogens (tertiary/aromatic N) is 2. The number of hydrogen-bond acceptors (Lipinski definition) is 5. The highest BCUT2D eigenvalue weighted by Crippen LogP contribution is 2.33. The van der Waals surface area contributed by atoms with Crippen molar-refractivity contribution in [1.29, 1.82) is 0 Å². The lowest BCUT2D eigenvalue weighted by Crippen LogP contribution is -2.46. The van der Waals surface area contributed by atoms with Crippen molar-refractivity contribution in [3.8, 4) is 0 Å². The maximum atomic E-state index is 11.8. The van der Waals surface area contributed by atoms with Crippen LogP contribution in [0.4, 0.5) is 11.4 Å². The molecular weight excluding hydrogens is 382 g/mol. The fraction of sp³-hybridized carbons (Fsp3) is 0.435. The summed E-state index contributed by atoms with van der Waals surface area (Å²) in [6, 6.07) is 8.56. The second-order valence-corrected chi connectivity index (χ2v) is 9.32. The van der Waals surface area contributed by atoms with Crippen LogP contribution in [0.5, 0.6) is 0 Å². The molecule has 1 fully saturated rings. The average Bonchev–Trinajstić information content (AvgIpc) is 3.28. The highest BCUT2D eigenvalue weighted by atomic mass is 32.1. The highest BCUT2D eigenvalue weighted by Gasteiger charge is 2.21. The number of benzene rings is 1. The van der Waals surface area contributed by atoms with Gasteiger partial charge in [-0.15, -0.1) is 11.3 Å². The van der Waals surface area contributed by atoms with Crippen LogP contribution in [-0.4, -0.2) is 43.5 Å². The van der Waals surface area contributed by atoms with Gasteiger partial charge >= 0.3 is 0 Å². The number of hydrogen-bond donors (Lipinski definition) is 1. The summed E-state index contributed by atoms with van der Waals surface area (Å²) in [4.78, 5) is 19.5. The standard InChI is InChI=1S/C23H27N3O2S/c1-16-4-2-5-18-20(15-28-23(16)18)26-12-10-25(11-13-26)9-8-17-14-19-21(29-17)6-3-7-22(27)24-19/h2,4-5,14-15H,3,6-13H2,1H3,(H,24,27). The van der Waals surface area contributed by atoms with Crippen LogP contribution in [0.3, 0.4) is 0 Å². The number of piperazine rings is 1. The summed E-state index contributed by atoms with van der Waals surface area (Å²) in [5, 5.41) is 4.29. The molecular formula is C23H27N3O2S. The van der Waals surface area contributed by atoms with Gasteiger partial charge < -0.3 is 14.6 Å². The predicted molar refractivity (Wildman–Crippen MR) is 119 cm³/mol. The maximum Gasteiger partial charge on any atom is 0.224 e. The fourth-order valence-corrected chi connectivity index (χ4v) is 5.59. The summed E-state index contributed by atoms with van der Waals surface area (Å²) >= 11 is 1.88. The Balaban J connectivity index is 1.18. The van der Waals surface area contributed by atoms with E-state index >= 15 is 0 Å².